The summed E-state index contributed by atoms with van der Waals surface area (Å²) in [6.45, 7) is 6.19. The number of hydrogen-bond donors (Lipinski definition) is 1. The van der Waals surface area contributed by atoms with Gasteiger partial charge in [-0.1, -0.05) is 12.1 Å². The van der Waals surface area contributed by atoms with Gasteiger partial charge in [0.15, 0.2) is 0 Å². The number of ether oxygens (including phenoxy) is 1. The summed E-state index contributed by atoms with van der Waals surface area (Å²) < 4.78 is 5.90. The number of nitriles is 1. The van der Waals surface area contributed by atoms with Crippen molar-refractivity contribution in [2.75, 3.05) is 5.73 Å². The summed E-state index contributed by atoms with van der Waals surface area (Å²) >= 11 is 0. The first-order chi connectivity index (χ1) is 10.1. The molecule has 0 saturated carbocycles. The minimum absolute atomic E-state index is 0.464. The van der Waals surface area contributed by atoms with E-state index < -0.39 is 0 Å². The zero-order valence-corrected chi connectivity index (χ0v) is 12.1. The number of aryl methyl sites for hydroxylation is 1. The van der Waals surface area contributed by atoms with Crippen LogP contribution >= 0.6 is 0 Å². The van der Waals surface area contributed by atoms with Gasteiger partial charge >= 0.3 is 0 Å². The van der Waals surface area contributed by atoms with Crippen molar-refractivity contribution in [2.45, 2.75) is 20.0 Å². The van der Waals surface area contributed by atoms with Crippen molar-refractivity contribution in [3.63, 3.8) is 0 Å². The van der Waals surface area contributed by atoms with Gasteiger partial charge in [0.25, 0.3) is 0 Å². The van der Waals surface area contributed by atoms with Crippen LogP contribution in [0.4, 0.5) is 5.69 Å². The fourth-order valence-corrected chi connectivity index (χ4v) is 2.14. The van der Waals surface area contributed by atoms with Crippen LogP contribution in [0.5, 0.6) is 5.75 Å². The quantitative estimate of drug-likeness (QED) is 0.669. The molecule has 0 atom stereocenters. The topological polar surface area (TPSA) is 59.0 Å². The number of hydrogen-bond acceptors (Lipinski definition) is 3. The molecule has 0 bridgehead atoms. The van der Waals surface area contributed by atoms with E-state index in [1.165, 1.54) is 0 Å². The van der Waals surface area contributed by atoms with Crippen molar-refractivity contribution < 1.29 is 4.74 Å². The molecule has 2 aromatic carbocycles. The van der Waals surface area contributed by atoms with Crippen molar-refractivity contribution in [1.82, 2.24) is 0 Å². The molecule has 0 unspecified atom stereocenters. The van der Waals surface area contributed by atoms with E-state index in [1.54, 1.807) is 6.07 Å². The second-order valence-electron chi connectivity index (χ2n) is 4.90. The Morgan fingerprint density at radius 1 is 1.24 bits per heavy atom. The maximum absolute atomic E-state index is 8.88. The molecule has 0 saturated heterocycles. The molecule has 2 aromatic rings. The highest BCUT2D eigenvalue weighted by atomic mass is 16.5. The van der Waals surface area contributed by atoms with Gasteiger partial charge in [-0.15, -0.1) is 6.58 Å². The van der Waals surface area contributed by atoms with E-state index in [0.717, 1.165) is 22.4 Å². The van der Waals surface area contributed by atoms with Crippen LogP contribution in [-0.4, -0.2) is 0 Å². The fourth-order valence-electron chi connectivity index (χ4n) is 2.14. The normalized spacial score (nSPS) is 9.90. The van der Waals surface area contributed by atoms with E-state index >= 15 is 0 Å². The lowest BCUT2D eigenvalue weighted by Gasteiger charge is -2.13. The maximum Gasteiger partial charge on any atom is 0.123 e. The summed E-state index contributed by atoms with van der Waals surface area (Å²) in [5.41, 5.74) is 10.3. The molecular weight excluding hydrogens is 260 g/mol. The average molecular weight is 278 g/mol. The lowest BCUT2D eigenvalue weighted by molar-refractivity contribution is 0.303. The van der Waals surface area contributed by atoms with Gasteiger partial charge in [-0.05, 0) is 60.4 Å². The van der Waals surface area contributed by atoms with Gasteiger partial charge < -0.3 is 10.5 Å². The second kappa shape index (κ2) is 6.62. The predicted octanol–water partition coefficient (Wildman–Crippen LogP) is 3.76. The molecule has 3 nitrogen and oxygen atoms in total. The predicted molar refractivity (Wildman–Crippen MR) is 85.0 cm³/mol. The fraction of sp³-hybridized carbons (Fsp3) is 0.167. The number of nitrogens with zero attached hydrogens (tertiary/aromatic N) is 1. The molecule has 2 rings (SSSR count). The number of allylic oxidation sites excluding steroid dienone is 1. The Bertz CT molecular complexity index is 699. The van der Waals surface area contributed by atoms with Crippen molar-refractivity contribution in [1.29, 1.82) is 5.26 Å². The molecular formula is C18H18N2O. The van der Waals surface area contributed by atoms with Gasteiger partial charge in [0.2, 0.25) is 0 Å². The van der Waals surface area contributed by atoms with E-state index in [-0.39, 0.29) is 0 Å². The van der Waals surface area contributed by atoms with Crippen LogP contribution < -0.4 is 10.5 Å². The van der Waals surface area contributed by atoms with E-state index in [1.807, 2.05) is 43.3 Å². The Kier molecular flexibility index (Phi) is 4.63. The van der Waals surface area contributed by atoms with Crippen molar-refractivity contribution >= 4 is 5.69 Å². The summed E-state index contributed by atoms with van der Waals surface area (Å²) in [4.78, 5) is 0. The average Bonchev–Trinajstić information content (AvgIpc) is 2.48. The van der Waals surface area contributed by atoms with E-state index in [9.17, 15) is 0 Å². The number of rotatable bonds is 5. The third-order valence-electron chi connectivity index (χ3n) is 3.30. The van der Waals surface area contributed by atoms with Crippen LogP contribution in [0.2, 0.25) is 0 Å². The third-order valence-corrected chi connectivity index (χ3v) is 3.30. The molecule has 106 valence electrons. The molecule has 0 spiro atoms. The van der Waals surface area contributed by atoms with Crippen molar-refractivity contribution in [3.8, 4) is 11.8 Å². The Balaban J connectivity index is 2.16. The Labute approximate surface area is 125 Å². The van der Waals surface area contributed by atoms with Gasteiger partial charge in [-0.25, -0.2) is 0 Å². The van der Waals surface area contributed by atoms with Crippen LogP contribution in [0.3, 0.4) is 0 Å². The van der Waals surface area contributed by atoms with Gasteiger partial charge in [-0.3, -0.25) is 0 Å². The third kappa shape index (κ3) is 3.64. The lowest BCUT2D eigenvalue weighted by Crippen LogP contribution is -2.01. The summed E-state index contributed by atoms with van der Waals surface area (Å²) in [7, 11) is 0. The van der Waals surface area contributed by atoms with E-state index in [2.05, 4.69) is 12.6 Å². The Morgan fingerprint density at radius 3 is 2.71 bits per heavy atom. The first kappa shape index (κ1) is 14.7. The number of benzene rings is 2. The molecule has 0 heterocycles. The standard InChI is InChI=1S/C18H18N2O/c1-3-4-15-10-17(20)7-8-18(15)21-12-16-6-5-14(11-19)9-13(16)2/h3,5-10H,1,4,12,20H2,2H3. The largest absolute Gasteiger partial charge is 0.489 e. The van der Waals surface area contributed by atoms with Gasteiger partial charge in [-0.2, -0.15) is 5.26 Å². The first-order valence-electron chi connectivity index (χ1n) is 6.75. The minimum Gasteiger partial charge on any atom is -0.489 e. The van der Waals surface area contributed by atoms with Crippen LogP contribution in [-0.2, 0) is 13.0 Å². The van der Waals surface area contributed by atoms with Crippen LogP contribution in [0.15, 0.2) is 49.1 Å². The molecule has 0 aliphatic rings. The highest BCUT2D eigenvalue weighted by molar-refractivity contribution is 5.48. The van der Waals surface area contributed by atoms with Gasteiger partial charge in [0, 0.05) is 5.69 Å². The molecule has 0 fully saturated rings. The first-order valence-corrected chi connectivity index (χ1v) is 6.75. The smallest absolute Gasteiger partial charge is 0.123 e. The molecule has 0 aliphatic heterocycles. The Hall–Kier alpha value is -2.73. The lowest BCUT2D eigenvalue weighted by atomic mass is 10.1. The number of anilines is 1. The zero-order valence-electron chi connectivity index (χ0n) is 12.1. The summed E-state index contributed by atoms with van der Waals surface area (Å²) in [5, 5.41) is 8.88. The molecule has 21 heavy (non-hydrogen) atoms. The SMILES string of the molecule is C=CCc1cc(N)ccc1OCc1ccc(C#N)cc1C. The van der Waals surface area contributed by atoms with Crippen LogP contribution in [0, 0.1) is 18.3 Å². The van der Waals surface area contributed by atoms with E-state index in [4.69, 9.17) is 15.7 Å². The number of nitrogen functional groups attached to an aromatic ring is 1. The summed E-state index contributed by atoms with van der Waals surface area (Å²) in [5.74, 6) is 0.813. The molecule has 0 aliphatic carbocycles. The number of nitrogens with two attached hydrogens (primary N) is 1. The van der Waals surface area contributed by atoms with Crippen molar-refractivity contribution in [3.05, 3.63) is 71.3 Å². The molecule has 2 N–H and O–H groups in total. The molecule has 0 amide bonds. The maximum atomic E-state index is 8.88. The molecule has 0 aromatic heterocycles. The van der Waals surface area contributed by atoms with Crippen LogP contribution in [0.25, 0.3) is 0 Å². The monoisotopic (exact) mass is 278 g/mol. The van der Waals surface area contributed by atoms with E-state index in [0.29, 0.717) is 24.3 Å². The highest BCUT2D eigenvalue weighted by Gasteiger charge is 2.05. The van der Waals surface area contributed by atoms with Gasteiger partial charge in [0.1, 0.15) is 12.4 Å². The molecule has 3 heteroatoms. The van der Waals surface area contributed by atoms with Crippen molar-refractivity contribution in [2.24, 2.45) is 0 Å². The highest BCUT2D eigenvalue weighted by Crippen LogP contribution is 2.24. The molecule has 0 radical (unpaired) electrons. The minimum atomic E-state index is 0.464. The van der Waals surface area contributed by atoms with Crippen LogP contribution in [0.1, 0.15) is 22.3 Å². The summed E-state index contributed by atoms with van der Waals surface area (Å²) in [6, 6.07) is 13.4. The summed E-state index contributed by atoms with van der Waals surface area (Å²) in [6.07, 6.45) is 2.54. The Morgan fingerprint density at radius 2 is 2.05 bits per heavy atom. The second-order valence-corrected chi connectivity index (χ2v) is 4.90. The zero-order chi connectivity index (χ0) is 15.2. The van der Waals surface area contributed by atoms with Gasteiger partial charge in [0.05, 0.1) is 11.6 Å².